The second-order valence-electron chi connectivity index (χ2n) is 6.76. The predicted molar refractivity (Wildman–Crippen MR) is 78.4 cm³/mol. The lowest BCUT2D eigenvalue weighted by Gasteiger charge is -2.50. The maximum Gasteiger partial charge on any atom is 0.0613 e. The Kier molecular flexibility index (Phi) is 4.45. The van der Waals surface area contributed by atoms with Crippen LogP contribution in [0.4, 0.5) is 0 Å². The summed E-state index contributed by atoms with van der Waals surface area (Å²) in [5.41, 5.74) is 0. The number of nitrogens with one attached hydrogen (secondary N) is 1. The van der Waals surface area contributed by atoms with Crippen LogP contribution in [0.5, 0.6) is 0 Å². The first-order chi connectivity index (χ1) is 9.31. The second kappa shape index (κ2) is 6.11. The smallest absolute Gasteiger partial charge is 0.0613 e. The van der Waals surface area contributed by atoms with Crippen LogP contribution < -0.4 is 5.32 Å². The third-order valence-corrected chi connectivity index (χ3v) is 5.73. The second-order valence-corrected chi connectivity index (χ2v) is 6.76. The Bertz CT molecular complexity index is 282. The van der Waals surface area contributed by atoms with Crippen molar-refractivity contribution in [1.29, 1.82) is 0 Å². The third-order valence-electron chi connectivity index (χ3n) is 5.73. The Morgan fingerprint density at radius 2 is 1.89 bits per heavy atom. The Balaban J connectivity index is 1.64. The van der Waals surface area contributed by atoms with Crippen LogP contribution in [0.15, 0.2) is 0 Å². The first-order valence-corrected chi connectivity index (χ1v) is 8.36. The van der Waals surface area contributed by atoms with E-state index in [1.165, 1.54) is 51.5 Å². The monoisotopic (exact) mass is 266 g/mol. The van der Waals surface area contributed by atoms with Gasteiger partial charge >= 0.3 is 0 Å². The van der Waals surface area contributed by atoms with E-state index in [4.69, 9.17) is 4.74 Å². The number of piperidine rings is 2. The van der Waals surface area contributed by atoms with Gasteiger partial charge in [0.15, 0.2) is 0 Å². The van der Waals surface area contributed by atoms with E-state index in [2.05, 4.69) is 24.2 Å². The average molecular weight is 266 g/mol. The Labute approximate surface area is 118 Å². The van der Waals surface area contributed by atoms with E-state index in [9.17, 15) is 0 Å². The van der Waals surface area contributed by atoms with Gasteiger partial charge in [0.25, 0.3) is 0 Å². The molecule has 3 fully saturated rings. The van der Waals surface area contributed by atoms with Crippen LogP contribution in [0, 0.1) is 5.92 Å². The summed E-state index contributed by atoms with van der Waals surface area (Å²) in [4.78, 5) is 2.86. The van der Waals surface area contributed by atoms with E-state index in [0.717, 1.165) is 30.7 Å². The molecule has 4 unspecified atom stereocenters. The molecule has 0 aromatic rings. The number of fused-ring (bicyclic) bond motifs is 2. The van der Waals surface area contributed by atoms with Crippen LogP contribution in [0.3, 0.4) is 0 Å². The lowest BCUT2D eigenvalue weighted by molar-refractivity contribution is -0.000688. The molecule has 3 aliphatic rings. The van der Waals surface area contributed by atoms with Gasteiger partial charge in [-0.05, 0) is 51.5 Å². The maximum atomic E-state index is 5.88. The first-order valence-electron chi connectivity index (χ1n) is 8.36. The molecule has 0 aromatic heterocycles. The van der Waals surface area contributed by atoms with E-state index >= 15 is 0 Å². The van der Waals surface area contributed by atoms with Gasteiger partial charge in [0.2, 0.25) is 0 Å². The summed E-state index contributed by atoms with van der Waals surface area (Å²) in [6.07, 6.45) is 9.99. The highest BCUT2D eigenvalue weighted by Crippen LogP contribution is 2.36. The molecule has 19 heavy (non-hydrogen) atoms. The molecule has 0 spiro atoms. The molecule has 0 aromatic carbocycles. The fourth-order valence-electron chi connectivity index (χ4n) is 4.64. The summed E-state index contributed by atoms with van der Waals surface area (Å²) in [6.45, 7) is 4.56. The fourth-order valence-corrected chi connectivity index (χ4v) is 4.64. The van der Waals surface area contributed by atoms with Crippen molar-refractivity contribution in [3.8, 4) is 0 Å². The summed E-state index contributed by atoms with van der Waals surface area (Å²) in [5, 5.41) is 3.52. The zero-order valence-corrected chi connectivity index (χ0v) is 12.6. The van der Waals surface area contributed by atoms with Crippen LogP contribution in [0.25, 0.3) is 0 Å². The summed E-state index contributed by atoms with van der Waals surface area (Å²) in [7, 11) is 2.13. The van der Waals surface area contributed by atoms with Crippen molar-refractivity contribution in [2.75, 3.05) is 20.2 Å². The van der Waals surface area contributed by atoms with Gasteiger partial charge in [0.1, 0.15) is 0 Å². The first kappa shape index (κ1) is 13.8. The van der Waals surface area contributed by atoms with Gasteiger partial charge in [-0.25, -0.2) is 0 Å². The Hall–Kier alpha value is -0.120. The molecule has 3 heterocycles. The van der Waals surface area contributed by atoms with Crippen LogP contribution in [-0.4, -0.2) is 49.3 Å². The molecule has 3 rings (SSSR count). The van der Waals surface area contributed by atoms with Crippen molar-refractivity contribution >= 4 is 0 Å². The summed E-state index contributed by atoms with van der Waals surface area (Å²) >= 11 is 0. The zero-order chi connectivity index (χ0) is 13.2. The third kappa shape index (κ3) is 2.84. The highest BCUT2D eigenvalue weighted by molar-refractivity contribution is 4.96. The van der Waals surface area contributed by atoms with E-state index in [-0.39, 0.29) is 0 Å². The molecule has 3 saturated heterocycles. The largest absolute Gasteiger partial charge is 0.378 e. The van der Waals surface area contributed by atoms with E-state index < -0.39 is 0 Å². The van der Waals surface area contributed by atoms with E-state index in [1.54, 1.807) is 0 Å². The van der Waals surface area contributed by atoms with Crippen molar-refractivity contribution in [2.45, 2.75) is 76.1 Å². The van der Waals surface area contributed by atoms with Crippen LogP contribution in [-0.2, 0) is 4.74 Å². The minimum atomic E-state index is 0.530. The Morgan fingerprint density at radius 1 is 1.16 bits per heavy atom. The number of hydrogen-bond acceptors (Lipinski definition) is 3. The SMILES string of the molecule is CCC1OCCC1CN1C2CCCC1CC(NC)C2. The molecule has 0 radical (unpaired) electrons. The van der Waals surface area contributed by atoms with Crippen molar-refractivity contribution in [2.24, 2.45) is 5.92 Å². The summed E-state index contributed by atoms with van der Waals surface area (Å²) in [6, 6.07) is 2.43. The molecule has 0 saturated carbocycles. The number of nitrogens with zero attached hydrogens (tertiary/aromatic N) is 1. The summed E-state index contributed by atoms with van der Waals surface area (Å²) < 4.78 is 5.88. The van der Waals surface area contributed by atoms with Crippen molar-refractivity contribution in [1.82, 2.24) is 10.2 Å². The van der Waals surface area contributed by atoms with Gasteiger partial charge < -0.3 is 10.1 Å². The van der Waals surface area contributed by atoms with Gasteiger partial charge in [-0.2, -0.15) is 0 Å². The Morgan fingerprint density at radius 3 is 2.53 bits per heavy atom. The van der Waals surface area contributed by atoms with E-state index in [1.807, 2.05) is 0 Å². The molecule has 110 valence electrons. The van der Waals surface area contributed by atoms with Crippen LogP contribution >= 0.6 is 0 Å². The standard InChI is InChI=1S/C16H30N2O/c1-3-16-12(7-8-19-16)11-18-14-5-4-6-15(18)10-13(9-14)17-2/h12-17H,3-11H2,1-2H3. The molecule has 0 aliphatic carbocycles. The van der Waals surface area contributed by atoms with Gasteiger partial charge in [-0.15, -0.1) is 0 Å². The van der Waals surface area contributed by atoms with Gasteiger partial charge in [-0.3, -0.25) is 4.90 Å². The van der Waals surface area contributed by atoms with Crippen LogP contribution in [0.1, 0.15) is 51.9 Å². The molecular formula is C16H30N2O. The highest BCUT2D eigenvalue weighted by atomic mass is 16.5. The van der Waals surface area contributed by atoms with Crippen LogP contribution in [0.2, 0.25) is 0 Å². The average Bonchev–Trinajstić information content (AvgIpc) is 2.85. The molecule has 1 N–H and O–H groups in total. The molecular weight excluding hydrogens is 236 g/mol. The normalized spacial score (nSPS) is 43.6. The lowest BCUT2D eigenvalue weighted by atomic mass is 9.80. The van der Waals surface area contributed by atoms with E-state index in [0.29, 0.717) is 6.10 Å². The zero-order valence-electron chi connectivity index (χ0n) is 12.6. The maximum absolute atomic E-state index is 5.88. The number of rotatable bonds is 4. The fraction of sp³-hybridized carbons (Fsp3) is 1.00. The highest BCUT2D eigenvalue weighted by Gasteiger charge is 2.40. The molecule has 2 bridgehead atoms. The minimum Gasteiger partial charge on any atom is -0.378 e. The lowest BCUT2D eigenvalue weighted by Crippen LogP contribution is -2.57. The predicted octanol–water partition coefficient (Wildman–Crippen LogP) is 2.41. The number of ether oxygens (including phenoxy) is 1. The minimum absolute atomic E-state index is 0.530. The van der Waals surface area contributed by atoms with Gasteiger partial charge in [-0.1, -0.05) is 13.3 Å². The quantitative estimate of drug-likeness (QED) is 0.845. The van der Waals surface area contributed by atoms with Crippen molar-refractivity contribution in [3.05, 3.63) is 0 Å². The molecule has 4 atom stereocenters. The molecule has 3 heteroatoms. The summed E-state index contributed by atoms with van der Waals surface area (Å²) in [5.74, 6) is 0.791. The molecule has 3 nitrogen and oxygen atoms in total. The molecule has 0 amide bonds. The number of hydrogen-bond donors (Lipinski definition) is 1. The van der Waals surface area contributed by atoms with Gasteiger partial charge in [0.05, 0.1) is 6.10 Å². The van der Waals surface area contributed by atoms with Crippen molar-refractivity contribution < 1.29 is 4.74 Å². The van der Waals surface area contributed by atoms with Gasteiger partial charge in [0, 0.05) is 31.3 Å². The topological polar surface area (TPSA) is 24.5 Å². The van der Waals surface area contributed by atoms with Crippen molar-refractivity contribution in [3.63, 3.8) is 0 Å². The molecule has 3 aliphatic heterocycles.